The summed E-state index contributed by atoms with van der Waals surface area (Å²) >= 11 is 0. The summed E-state index contributed by atoms with van der Waals surface area (Å²) in [6.07, 6.45) is 1.71. The lowest BCUT2D eigenvalue weighted by atomic mass is 9.66. The van der Waals surface area contributed by atoms with E-state index in [0.29, 0.717) is 22.5 Å². The molecule has 4 aromatic carbocycles. The van der Waals surface area contributed by atoms with Gasteiger partial charge in [0.05, 0.1) is 10.6 Å². The maximum absolute atomic E-state index is 15.2. The van der Waals surface area contributed by atoms with E-state index in [2.05, 4.69) is 0 Å². The van der Waals surface area contributed by atoms with E-state index in [4.69, 9.17) is 0 Å². The molecule has 0 bridgehead atoms. The molecule has 0 fully saturated rings. The van der Waals surface area contributed by atoms with Crippen molar-refractivity contribution in [2.75, 3.05) is 11.9 Å². The largest absolute Gasteiger partial charge is 0.347 e. The van der Waals surface area contributed by atoms with E-state index in [1.165, 1.54) is 12.1 Å². The van der Waals surface area contributed by atoms with Crippen LogP contribution in [0.3, 0.4) is 0 Å². The number of carbonyl (C=O) groups excluding carboxylic acids is 2. The molecule has 43 heavy (non-hydrogen) atoms. The van der Waals surface area contributed by atoms with E-state index < -0.39 is 27.3 Å². The molecule has 2 aliphatic rings. The Morgan fingerprint density at radius 2 is 1.42 bits per heavy atom. The van der Waals surface area contributed by atoms with Crippen LogP contribution in [0.15, 0.2) is 120 Å². The summed E-state index contributed by atoms with van der Waals surface area (Å²) in [4.78, 5) is 31.3. The molecule has 0 saturated heterocycles. The maximum Gasteiger partial charge on any atom is 0.270 e. The van der Waals surface area contributed by atoms with Gasteiger partial charge in [0.25, 0.3) is 15.9 Å². The predicted molar refractivity (Wildman–Crippen MR) is 167 cm³/mol. The van der Waals surface area contributed by atoms with E-state index >= 15 is 4.79 Å². The predicted octanol–water partition coefficient (Wildman–Crippen LogP) is 5.76. The zero-order valence-electron chi connectivity index (χ0n) is 23.9. The van der Waals surface area contributed by atoms with Crippen molar-refractivity contribution in [2.45, 2.75) is 23.2 Å². The van der Waals surface area contributed by atoms with Crippen molar-refractivity contribution in [1.29, 1.82) is 0 Å². The van der Waals surface area contributed by atoms with Gasteiger partial charge in [0.15, 0.2) is 0 Å². The molecule has 2 aliphatic heterocycles. The van der Waals surface area contributed by atoms with E-state index in [9.17, 15) is 13.2 Å². The number of rotatable bonds is 4. The Bertz CT molecular complexity index is 2080. The smallest absolute Gasteiger partial charge is 0.270 e. The van der Waals surface area contributed by atoms with E-state index in [-0.39, 0.29) is 16.5 Å². The van der Waals surface area contributed by atoms with Crippen molar-refractivity contribution in [2.24, 2.45) is 7.05 Å². The number of para-hydroxylation sites is 2. The van der Waals surface area contributed by atoms with Crippen LogP contribution in [0.4, 0.5) is 5.69 Å². The second-order valence-corrected chi connectivity index (χ2v) is 13.0. The zero-order chi connectivity index (χ0) is 30.1. The number of aromatic nitrogens is 1. The third-order valence-electron chi connectivity index (χ3n) is 8.77. The molecule has 214 valence electrons. The number of hydrogen-bond donors (Lipinski definition) is 0. The minimum atomic E-state index is -4.38. The normalized spacial score (nSPS) is 20.2. The second-order valence-electron chi connectivity index (χ2n) is 11.2. The first-order chi connectivity index (χ1) is 20.7. The van der Waals surface area contributed by atoms with Gasteiger partial charge in [-0.05, 0) is 59.8 Å². The highest BCUT2D eigenvalue weighted by molar-refractivity contribution is 7.90. The molecule has 1 spiro atoms. The molecule has 2 unspecified atom stereocenters. The lowest BCUT2D eigenvalue weighted by Gasteiger charge is -2.42. The van der Waals surface area contributed by atoms with Gasteiger partial charge in [0.2, 0.25) is 5.91 Å². The van der Waals surface area contributed by atoms with Crippen molar-refractivity contribution < 1.29 is 18.0 Å². The first-order valence-electron chi connectivity index (χ1n) is 14.0. The molecule has 0 N–H and O–H groups in total. The summed E-state index contributed by atoms with van der Waals surface area (Å²) < 4.78 is 31.8. The topological polar surface area (TPSA) is 79.7 Å². The molecule has 2 amide bonds. The van der Waals surface area contributed by atoms with E-state index in [1.807, 2.05) is 79.2 Å². The number of carbonyl (C=O) groups is 2. The zero-order valence-corrected chi connectivity index (χ0v) is 24.7. The number of benzene rings is 4. The van der Waals surface area contributed by atoms with Gasteiger partial charge >= 0.3 is 0 Å². The van der Waals surface area contributed by atoms with Gasteiger partial charge in [-0.1, -0.05) is 84.4 Å². The minimum absolute atomic E-state index is 0.00436. The summed E-state index contributed by atoms with van der Waals surface area (Å²) in [5, 5.41) is 0.890. The molecule has 3 heterocycles. The van der Waals surface area contributed by atoms with Crippen LogP contribution in [0.1, 0.15) is 28.3 Å². The third-order valence-corrected chi connectivity index (χ3v) is 10.5. The number of anilines is 1. The van der Waals surface area contributed by atoms with Crippen LogP contribution in [-0.2, 0) is 32.1 Å². The highest BCUT2D eigenvalue weighted by Gasteiger charge is 2.62. The fraction of sp³-hybridized carbons (Fsp3) is 0.143. The molecule has 7 rings (SSSR count). The molecule has 7 nitrogen and oxygen atoms in total. The molecule has 0 aliphatic carbocycles. The summed E-state index contributed by atoms with van der Waals surface area (Å²) in [7, 11) is -0.833. The fourth-order valence-corrected chi connectivity index (χ4v) is 8.10. The second kappa shape index (κ2) is 9.54. The van der Waals surface area contributed by atoms with Gasteiger partial charge in [-0.15, -0.1) is 0 Å². The van der Waals surface area contributed by atoms with Gasteiger partial charge in [-0.3, -0.25) is 9.59 Å². The van der Waals surface area contributed by atoms with Crippen molar-refractivity contribution in [3.63, 3.8) is 0 Å². The summed E-state index contributed by atoms with van der Waals surface area (Å²) in [6, 6.07) is 32.4. The highest BCUT2D eigenvalue weighted by atomic mass is 32.2. The van der Waals surface area contributed by atoms with E-state index in [1.54, 1.807) is 54.4 Å². The number of nitrogens with zero attached hydrogens (tertiary/aromatic N) is 3. The minimum Gasteiger partial charge on any atom is -0.347 e. The Balaban J connectivity index is 1.60. The summed E-state index contributed by atoms with van der Waals surface area (Å²) in [5.41, 5.74) is 2.84. The monoisotopic (exact) mass is 587 g/mol. The molecular formula is C35H29N3O4S. The molecule has 8 heteroatoms. The molecule has 1 aromatic heterocycles. The molecule has 5 aromatic rings. The molecular weight excluding hydrogens is 558 g/mol. The van der Waals surface area contributed by atoms with Gasteiger partial charge in [0, 0.05) is 31.0 Å². The van der Waals surface area contributed by atoms with Crippen molar-refractivity contribution >= 4 is 44.1 Å². The van der Waals surface area contributed by atoms with Crippen molar-refractivity contribution in [3.05, 3.63) is 138 Å². The lowest BCUT2D eigenvalue weighted by Crippen LogP contribution is -2.54. The van der Waals surface area contributed by atoms with Crippen LogP contribution in [-0.4, -0.2) is 36.2 Å². The number of fused-ring (bicyclic) bond motifs is 3. The van der Waals surface area contributed by atoms with Crippen LogP contribution in [0.25, 0.3) is 16.6 Å². The average molecular weight is 588 g/mol. The Hall–Kier alpha value is -4.95. The number of hydrogen-bond acceptors (Lipinski definition) is 4. The molecule has 0 saturated carbocycles. The Morgan fingerprint density at radius 3 is 2.14 bits per heavy atom. The van der Waals surface area contributed by atoms with Crippen LogP contribution in [0, 0.1) is 6.92 Å². The SMILES string of the molecule is Cc1ccc(S(=O)(=O)N2C(=O)C(c3cc4ccccc4n3C)C3(C=C2c2ccccc2)C(=O)N(C)c2ccccc23)cc1. The quantitative estimate of drug-likeness (QED) is 0.268. The maximum atomic E-state index is 15.2. The van der Waals surface area contributed by atoms with Crippen LogP contribution >= 0.6 is 0 Å². The lowest BCUT2D eigenvalue weighted by molar-refractivity contribution is -0.133. The number of amides is 2. The van der Waals surface area contributed by atoms with Crippen molar-refractivity contribution in [1.82, 2.24) is 8.87 Å². The van der Waals surface area contributed by atoms with Gasteiger partial charge < -0.3 is 9.47 Å². The Labute approximate surface area is 250 Å². The first-order valence-corrected chi connectivity index (χ1v) is 15.5. The van der Waals surface area contributed by atoms with Crippen molar-refractivity contribution in [3.8, 4) is 0 Å². The number of likely N-dealkylation sites (N-methyl/N-ethyl adjacent to an activating group) is 1. The standard InChI is InChI=1S/C35H29N3O4S/c1-23-17-19-26(20-18-23)43(41,42)38-31(24-11-5-4-6-12-24)22-35(27-14-8-10-16-29(27)37(3)34(35)40)32(33(38)39)30-21-25-13-7-9-15-28(25)36(30)2/h4-22,32H,1-3H3. The van der Waals surface area contributed by atoms with Gasteiger partial charge in [0.1, 0.15) is 11.3 Å². The average Bonchev–Trinajstić information content (AvgIpc) is 3.45. The van der Waals surface area contributed by atoms with Gasteiger partial charge in [-0.25, -0.2) is 12.7 Å². The third kappa shape index (κ3) is 3.76. The fourth-order valence-electron chi connectivity index (χ4n) is 6.64. The van der Waals surface area contributed by atoms with E-state index in [0.717, 1.165) is 20.8 Å². The Kier molecular flexibility index (Phi) is 5.97. The van der Waals surface area contributed by atoms with Crippen LogP contribution in [0.2, 0.25) is 0 Å². The highest BCUT2D eigenvalue weighted by Crippen LogP contribution is 2.56. The van der Waals surface area contributed by atoms with Crippen LogP contribution < -0.4 is 4.90 Å². The number of aryl methyl sites for hydroxylation is 2. The summed E-state index contributed by atoms with van der Waals surface area (Å²) in [6.45, 7) is 1.87. The molecule has 0 radical (unpaired) electrons. The first kappa shape index (κ1) is 26.9. The Morgan fingerprint density at radius 1 is 0.767 bits per heavy atom. The van der Waals surface area contributed by atoms with Crippen LogP contribution in [0.5, 0.6) is 0 Å². The summed E-state index contributed by atoms with van der Waals surface area (Å²) in [5.74, 6) is -2.15. The van der Waals surface area contributed by atoms with Gasteiger partial charge in [-0.2, -0.15) is 0 Å². The number of sulfonamides is 1. The molecule has 2 atom stereocenters.